The van der Waals surface area contributed by atoms with Crippen LogP contribution in [0.4, 0.5) is 0 Å². The molecule has 1 atom stereocenters. The van der Waals surface area contributed by atoms with Gasteiger partial charge in [-0.05, 0) is 32.0 Å². The molecule has 1 aliphatic rings. The lowest BCUT2D eigenvalue weighted by molar-refractivity contribution is 0.0552. The minimum atomic E-state index is -0.103. The Morgan fingerprint density at radius 1 is 1.07 bits per heavy atom. The molecular formula is C22H22Cl2N4O2. The van der Waals surface area contributed by atoms with Crippen LogP contribution in [0.25, 0.3) is 11.4 Å². The molecule has 0 radical (unpaired) electrons. The first kappa shape index (κ1) is 20.8. The predicted octanol–water partition coefficient (Wildman–Crippen LogP) is 4.87. The molecule has 2 aromatic carbocycles. The van der Waals surface area contributed by atoms with Crippen molar-refractivity contribution in [2.45, 2.75) is 19.9 Å². The Labute approximate surface area is 185 Å². The molecule has 1 fully saturated rings. The Morgan fingerprint density at radius 3 is 2.47 bits per heavy atom. The van der Waals surface area contributed by atoms with Crippen molar-refractivity contribution in [2.24, 2.45) is 0 Å². The third-order valence-electron chi connectivity index (χ3n) is 5.42. The molecule has 2 heterocycles. The van der Waals surface area contributed by atoms with Crippen molar-refractivity contribution >= 4 is 29.1 Å². The van der Waals surface area contributed by atoms with Gasteiger partial charge in [-0.2, -0.15) is 4.98 Å². The highest BCUT2D eigenvalue weighted by Crippen LogP contribution is 2.26. The van der Waals surface area contributed by atoms with E-state index in [0.29, 0.717) is 53.5 Å². The molecule has 1 amide bonds. The summed E-state index contributed by atoms with van der Waals surface area (Å²) in [5.41, 5.74) is 2.55. The average molecular weight is 445 g/mol. The lowest BCUT2D eigenvalue weighted by atomic mass is 10.1. The topological polar surface area (TPSA) is 62.5 Å². The van der Waals surface area contributed by atoms with Crippen LogP contribution in [0.2, 0.25) is 10.0 Å². The quantitative estimate of drug-likeness (QED) is 0.574. The van der Waals surface area contributed by atoms with Gasteiger partial charge in [-0.25, -0.2) is 0 Å². The summed E-state index contributed by atoms with van der Waals surface area (Å²) in [6.45, 7) is 6.66. The van der Waals surface area contributed by atoms with E-state index in [0.717, 1.165) is 5.56 Å². The van der Waals surface area contributed by atoms with Crippen LogP contribution in [0.3, 0.4) is 0 Å². The number of hydrogen-bond donors (Lipinski definition) is 0. The summed E-state index contributed by atoms with van der Waals surface area (Å²) < 4.78 is 5.52. The zero-order chi connectivity index (χ0) is 21.3. The second kappa shape index (κ2) is 8.76. The Hall–Kier alpha value is -2.41. The van der Waals surface area contributed by atoms with E-state index in [9.17, 15) is 4.79 Å². The summed E-state index contributed by atoms with van der Waals surface area (Å²) in [5, 5.41) is 5.04. The van der Waals surface area contributed by atoms with Gasteiger partial charge in [0.2, 0.25) is 11.7 Å². The second-order valence-corrected chi connectivity index (χ2v) is 8.29. The third-order valence-corrected chi connectivity index (χ3v) is 5.98. The molecule has 0 bridgehead atoms. The van der Waals surface area contributed by atoms with Crippen LogP contribution >= 0.6 is 23.2 Å². The summed E-state index contributed by atoms with van der Waals surface area (Å²) in [6.07, 6.45) is 0. The molecule has 1 aliphatic heterocycles. The van der Waals surface area contributed by atoms with Crippen LogP contribution in [-0.4, -0.2) is 52.0 Å². The van der Waals surface area contributed by atoms with Gasteiger partial charge in [-0.15, -0.1) is 0 Å². The average Bonchev–Trinajstić information content (AvgIpc) is 3.25. The van der Waals surface area contributed by atoms with Crippen molar-refractivity contribution in [3.63, 3.8) is 0 Å². The first-order valence-corrected chi connectivity index (χ1v) is 10.6. The SMILES string of the molecule is Cc1ccc(-c2noc([C@H](C)N3CCN(C(=O)c4cc(Cl)ccc4Cl)CC3)n2)cc1. The first-order valence-electron chi connectivity index (χ1n) is 9.81. The standard InChI is InChI=1S/C22H22Cl2N4O2/c1-14-3-5-16(6-4-14)20-25-21(30-26-20)15(2)27-9-11-28(12-10-27)22(29)18-13-17(23)7-8-19(18)24/h3-8,13,15H,9-12H2,1-2H3/t15-/m0/s1. The molecule has 8 heteroatoms. The van der Waals surface area contributed by atoms with E-state index in [1.165, 1.54) is 5.56 Å². The molecule has 6 nitrogen and oxygen atoms in total. The predicted molar refractivity (Wildman–Crippen MR) is 117 cm³/mol. The van der Waals surface area contributed by atoms with Gasteiger partial charge in [0.25, 0.3) is 5.91 Å². The van der Waals surface area contributed by atoms with Gasteiger partial charge in [0.05, 0.1) is 16.6 Å². The maximum absolute atomic E-state index is 12.8. The fourth-order valence-corrected chi connectivity index (χ4v) is 3.90. The summed E-state index contributed by atoms with van der Waals surface area (Å²) >= 11 is 12.2. The molecule has 0 spiro atoms. The van der Waals surface area contributed by atoms with Crippen LogP contribution in [0.5, 0.6) is 0 Å². The van der Waals surface area contributed by atoms with E-state index < -0.39 is 0 Å². The lowest BCUT2D eigenvalue weighted by Gasteiger charge is -2.37. The van der Waals surface area contributed by atoms with Crippen LogP contribution in [-0.2, 0) is 0 Å². The highest BCUT2D eigenvalue weighted by molar-refractivity contribution is 6.35. The van der Waals surface area contributed by atoms with Crippen LogP contribution in [0.1, 0.15) is 34.8 Å². The van der Waals surface area contributed by atoms with Crippen molar-refractivity contribution in [1.29, 1.82) is 0 Å². The lowest BCUT2D eigenvalue weighted by Crippen LogP contribution is -2.49. The number of aryl methyl sites for hydroxylation is 1. The molecule has 1 saturated heterocycles. The van der Waals surface area contributed by atoms with Gasteiger partial charge < -0.3 is 9.42 Å². The summed E-state index contributed by atoms with van der Waals surface area (Å²) in [7, 11) is 0. The second-order valence-electron chi connectivity index (χ2n) is 7.45. The van der Waals surface area contributed by atoms with Crippen LogP contribution in [0.15, 0.2) is 47.0 Å². The van der Waals surface area contributed by atoms with Crippen molar-refractivity contribution in [3.8, 4) is 11.4 Å². The number of piperazine rings is 1. The zero-order valence-corrected chi connectivity index (χ0v) is 18.3. The maximum atomic E-state index is 12.8. The molecule has 0 N–H and O–H groups in total. The Balaban J connectivity index is 1.40. The van der Waals surface area contributed by atoms with E-state index in [2.05, 4.69) is 15.0 Å². The van der Waals surface area contributed by atoms with Crippen molar-refractivity contribution in [2.75, 3.05) is 26.2 Å². The number of amides is 1. The van der Waals surface area contributed by atoms with Gasteiger partial charge in [-0.3, -0.25) is 9.69 Å². The van der Waals surface area contributed by atoms with Gasteiger partial charge >= 0.3 is 0 Å². The molecule has 30 heavy (non-hydrogen) atoms. The number of benzene rings is 2. The fourth-order valence-electron chi connectivity index (χ4n) is 3.53. The van der Waals surface area contributed by atoms with Crippen molar-refractivity contribution < 1.29 is 9.32 Å². The number of rotatable bonds is 4. The third kappa shape index (κ3) is 4.36. The Morgan fingerprint density at radius 2 is 1.77 bits per heavy atom. The first-order chi connectivity index (χ1) is 14.4. The number of aromatic nitrogens is 2. The molecule has 0 aliphatic carbocycles. The van der Waals surface area contributed by atoms with Crippen molar-refractivity contribution in [1.82, 2.24) is 19.9 Å². The molecule has 156 valence electrons. The number of nitrogens with zero attached hydrogens (tertiary/aromatic N) is 4. The molecule has 4 rings (SSSR count). The maximum Gasteiger partial charge on any atom is 0.255 e. The van der Waals surface area contributed by atoms with E-state index in [1.807, 2.05) is 38.1 Å². The molecule has 3 aromatic rings. The van der Waals surface area contributed by atoms with Gasteiger partial charge in [0.1, 0.15) is 0 Å². The number of halogens is 2. The van der Waals surface area contributed by atoms with E-state index in [-0.39, 0.29) is 11.9 Å². The number of carbonyl (C=O) groups excluding carboxylic acids is 1. The molecular weight excluding hydrogens is 423 g/mol. The van der Waals surface area contributed by atoms with Crippen LogP contribution < -0.4 is 0 Å². The normalized spacial score (nSPS) is 15.9. The largest absolute Gasteiger partial charge is 0.337 e. The minimum absolute atomic E-state index is 0.0382. The van der Waals surface area contributed by atoms with E-state index >= 15 is 0 Å². The summed E-state index contributed by atoms with van der Waals surface area (Å²) in [5.74, 6) is 1.05. The zero-order valence-electron chi connectivity index (χ0n) is 16.8. The molecule has 0 saturated carbocycles. The van der Waals surface area contributed by atoms with Crippen molar-refractivity contribution in [3.05, 3.63) is 69.5 Å². The monoisotopic (exact) mass is 444 g/mol. The highest BCUT2D eigenvalue weighted by Gasteiger charge is 2.29. The summed E-state index contributed by atoms with van der Waals surface area (Å²) in [6, 6.07) is 12.9. The van der Waals surface area contributed by atoms with Gasteiger partial charge in [-0.1, -0.05) is 58.2 Å². The molecule has 0 unspecified atom stereocenters. The number of carbonyl (C=O) groups is 1. The number of hydrogen-bond acceptors (Lipinski definition) is 5. The van der Waals surface area contributed by atoms with Gasteiger partial charge in [0.15, 0.2) is 0 Å². The van der Waals surface area contributed by atoms with E-state index in [4.69, 9.17) is 27.7 Å². The Bertz CT molecular complexity index is 1040. The van der Waals surface area contributed by atoms with Crippen LogP contribution in [0, 0.1) is 6.92 Å². The Kier molecular flexibility index (Phi) is 6.09. The minimum Gasteiger partial charge on any atom is -0.337 e. The smallest absolute Gasteiger partial charge is 0.255 e. The summed E-state index contributed by atoms with van der Waals surface area (Å²) in [4.78, 5) is 21.4. The molecule has 1 aromatic heterocycles. The fraction of sp³-hybridized carbons (Fsp3) is 0.318. The van der Waals surface area contributed by atoms with E-state index in [1.54, 1.807) is 23.1 Å². The van der Waals surface area contributed by atoms with Gasteiger partial charge in [0, 0.05) is 36.8 Å². The highest BCUT2D eigenvalue weighted by atomic mass is 35.5.